The number of rotatable bonds is 1. The highest BCUT2D eigenvalue weighted by molar-refractivity contribution is 4.95. The normalized spacial score (nSPS) is 55.5. The van der Waals surface area contributed by atoms with Crippen molar-refractivity contribution in [1.82, 2.24) is 0 Å². The number of ether oxygens (including phenoxy) is 3. The molecule has 20 heavy (non-hydrogen) atoms. The standard InChI is InChI=1S/C17H28O3/c1-11-5-6-17(8-12(11)2)9-18-16(19-10-17)13-3-4-14-15(7-13)20-14/h11-16H,3-10H2,1-2H3. The zero-order chi connectivity index (χ0) is 13.7. The first kappa shape index (κ1) is 13.5. The van der Waals surface area contributed by atoms with Crippen molar-refractivity contribution in [3.8, 4) is 0 Å². The van der Waals surface area contributed by atoms with Crippen molar-refractivity contribution in [3.05, 3.63) is 0 Å². The van der Waals surface area contributed by atoms with Crippen LogP contribution in [0.2, 0.25) is 0 Å². The van der Waals surface area contributed by atoms with Gasteiger partial charge in [-0.05, 0) is 50.4 Å². The van der Waals surface area contributed by atoms with Crippen LogP contribution in [0.3, 0.4) is 0 Å². The smallest absolute Gasteiger partial charge is 0.160 e. The molecule has 0 bridgehead atoms. The molecule has 3 nitrogen and oxygen atoms in total. The van der Waals surface area contributed by atoms with Crippen molar-refractivity contribution in [3.63, 3.8) is 0 Å². The second-order valence-corrected chi connectivity index (χ2v) is 7.97. The lowest BCUT2D eigenvalue weighted by Crippen LogP contribution is -2.48. The van der Waals surface area contributed by atoms with Crippen LogP contribution >= 0.6 is 0 Å². The lowest BCUT2D eigenvalue weighted by molar-refractivity contribution is -0.261. The molecule has 4 rings (SSSR count). The van der Waals surface area contributed by atoms with Gasteiger partial charge in [-0.15, -0.1) is 0 Å². The fourth-order valence-electron chi connectivity index (χ4n) is 4.63. The third-order valence-corrected chi connectivity index (χ3v) is 6.39. The Morgan fingerprint density at radius 1 is 0.900 bits per heavy atom. The van der Waals surface area contributed by atoms with Gasteiger partial charge in [0.05, 0.1) is 25.4 Å². The summed E-state index contributed by atoms with van der Waals surface area (Å²) in [4.78, 5) is 0. The molecule has 4 aliphatic rings. The summed E-state index contributed by atoms with van der Waals surface area (Å²) in [6.07, 6.45) is 8.60. The van der Waals surface area contributed by atoms with Crippen molar-refractivity contribution in [2.24, 2.45) is 23.2 Å². The molecule has 2 aliphatic carbocycles. The highest BCUT2D eigenvalue weighted by Crippen LogP contribution is 2.47. The molecule has 5 atom stereocenters. The van der Waals surface area contributed by atoms with Gasteiger partial charge in [0.2, 0.25) is 0 Å². The minimum Gasteiger partial charge on any atom is -0.370 e. The Balaban J connectivity index is 1.33. The first-order valence-electron chi connectivity index (χ1n) is 8.54. The van der Waals surface area contributed by atoms with Gasteiger partial charge in [-0.3, -0.25) is 0 Å². The van der Waals surface area contributed by atoms with Gasteiger partial charge >= 0.3 is 0 Å². The average molecular weight is 280 g/mol. The van der Waals surface area contributed by atoms with Crippen molar-refractivity contribution in [2.45, 2.75) is 70.9 Å². The van der Waals surface area contributed by atoms with E-state index in [0.29, 0.717) is 23.5 Å². The Morgan fingerprint density at radius 2 is 1.70 bits per heavy atom. The van der Waals surface area contributed by atoms with E-state index in [1.54, 1.807) is 0 Å². The molecule has 0 aromatic rings. The Bertz CT molecular complexity index is 361. The van der Waals surface area contributed by atoms with E-state index in [9.17, 15) is 0 Å². The van der Waals surface area contributed by atoms with Crippen LogP contribution in [0.4, 0.5) is 0 Å². The van der Waals surface area contributed by atoms with Gasteiger partial charge in [0.25, 0.3) is 0 Å². The topological polar surface area (TPSA) is 31.0 Å². The summed E-state index contributed by atoms with van der Waals surface area (Å²) in [6.45, 7) is 6.61. The van der Waals surface area contributed by atoms with Gasteiger partial charge in [-0.2, -0.15) is 0 Å². The minimum absolute atomic E-state index is 0.0421. The van der Waals surface area contributed by atoms with Crippen LogP contribution in [0.15, 0.2) is 0 Å². The fourth-order valence-corrected chi connectivity index (χ4v) is 4.63. The number of hydrogen-bond donors (Lipinski definition) is 0. The molecule has 2 aliphatic heterocycles. The zero-order valence-electron chi connectivity index (χ0n) is 12.8. The third-order valence-electron chi connectivity index (χ3n) is 6.39. The Morgan fingerprint density at radius 3 is 2.40 bits per heavy atom. The molecule has 2 heterocycles. The van der Waals surface area contributed by atoms with E-state index in [1.165, 1.54) is 32.1 Å². The van der Waals surface area contributed by atoms with Crippen LogP contribution in [0, 0.1) is 23.2 Å². The maximum atomic E-state index is 6.18. The van der Waals surface area contributed by atoms with Gasteiger partial charge in [0, 0.05) is 11.3 Å². The molecule has 3 heteroatoms. The predicted octanol–water partition coefficient (Wildman–Crippen LogP) is 3.37. The minimum atomic E-state index is 0.0421. The molecule has 0 amide bonds. The van der Waals surface area contributed by atoms with Crippen LogP contribution < -0.4 is 0 Å². The number of hydrogen-bond acceptors (Lipinski definition) is 3. The van der Waals surface area contributed by atoms with Gasteiger partial charge in [-0.1, -0.05) is 13.8 Å². The van der Waals surface area contributed by atoms with Gasteiger partial charge in [0.15, 0.2) is 6.29 Å². The molecule has 0 radical (unpaired) electrons. The molecule has 2 saturated heterocycles. The first-order chi connectivity index (χ1) is 9.65. The van der Waals surface area contributed by atoms with E-state index in [0.717, 1.165) is 31.5 Å². The molecule has 1 spiro atoms. The lowest BCUT2D eigenvalue weighted by atomic mass is 9.66. The highest BCUT2D eigenvalue weighted by atomic mass is 16.7. The van der Waals surface area contributed by atoms with Crippen molar-refractivity contribution >= 4 is 0 Å². The van der Waals surface area contributed by atoms with Crippen molar-refractivity contribution < 1.29 is 14.2 Å². The molecular formula is C17H28O3. The summed E-state index contributed by atoms with van der Waals surface area (Å²) in [5.74, 6) is 2.24. The second-order valence-electron chi connectivity index (χ2n) is 7.97. The summed E-state index contributed by atoms with van der Waals surface area (Å²) < 4.78 is 18.0. The van der Waals surface area contributed by atoms with Crippen molar-refractivity contribution in [2.75, 3.05) is 13.2 Å². The quantitative estimate of drug-likeness (QED) is 0.690. The second kappa shape index (κ2) is 4.96. The zero-order valence-corrected chi connectivity index (χ0v) is 12.8. The molecular weight excluding hydrogens is 252 g/mol. The van der Waals surface area contributed by atoms with Crippen LogP contribution in [0.5, 0.6) is 0 Å². The lowest BCUT2D eigenvalue weighted by Gasteiger charge is -2.47. The molecule has 2 saturated carbocycles. The Hall–Kier alpha value is -0.120. The van der Waals surface area contributed by atoms with Crippen molar-refractivity contribution in [1.29, 1.82) is 0 Å². The van der Waals surface area contributed by atoms with E-state index < -0.39 is 0 Å². The largest absolute Gasteiger partial charge is 0.370 e. The third kappa shape index (κ3) is 2.42. The van der Waals surface area contributed by atoms with E-state index in [-0.39, 0.29) is 6.29 Å². The monoisotopic (exact) mass is 280 g/mol. The van der Waals surface area contributed by atoms with Crippen LogP contribution in [-0.4, -0.2) is 31.7 Å². The summed E-state index contributed by atoms with van der Waals surface area (Å²) in [5.41, 5.74) is 0.315. The molecule has 114 valence electrons. The average Bonchev–Trinajstić information content (AvgIpc) is 3.23. The summed E-state index contributed by atoms with van der Waals surface area (Å²) in [5, 5.41) is 0. The van der Waals surface area contributed by atoms with E-state index in [2.05, 4.69) is 13.8 Å². The predicted molar refractivity (Wildman–Crippen MR) is 76.3 cm³/mol. The summed E-state index contributed by atoms with van der Waals surface area (Å²) >= 11 is 0. The molecule has 0 N–H and O–H groups in total. The van der Waals surface area contributed by atoms with Crippen LogP contribution in [0.25, 0.3) is 0 Å². The maximum Gasteiger partial charge on any atom is 0.160 e. The Kier molecular flexibility index (Phi) is 3.36. The van der Waals surface area contributed by atoms with E-state index in [1.807, 2.05) is 0 Å². The van der Waals surface area contributed by atoms with Gasteiger partial charge < -0.3 is 14.2 Å². The van der Waals surface area contributed by atoms with Gasteiger partial charge in [0.1, 0.15) is 0 Å². The fraction of sp³-hybridized carbons (Fsp3) is 1.00. The van der Waals surface area contributed by atoms with Crippen LogP contribution in [0.1, 0.15) is 52.4 Å². The highest BCUT2D eigenvalue weighted by Gasteiger charge is 2.49. The first-order valence-corrected chi connectivity index (χ1v) is 8.54. The molecule has 5 unspecified atom stereocenters. The Labute approximate surface area is 122 Å². The SMILES string of the molecule is CC1CCC2(COC(C3CCC4OC4C3)OC2)CC1C. The molecule has 4 fully saturated rings. The van der Waals surface area contributed by atoms with E-state index in [4.69, 9.17) is 14.2 Å². The number of fused-ring (bicyclic) bond motifs is 1. The summed E-state index contributed by atoms with van der Waals surface area (Å²) in [6, 6.07) is 0. The number of epoxide rings is 1. The maximum absolute atomic E-state index is 6.18. The van der Waals surface area contributed by atoms with E-state index >= 15 is 0 Å². The molecule has 0 aromatic heterocycles. The molecule has 0 aromatic carbocycles. The van der Waals surface area contributed by atoms with Crippen LogP contribution in [-0.2, 0) is 14.2 Å². The van der Waals surface area contributed by atoms with Gasteiger partial charge in [-0.25, -0.2) is 0 Å². The summed E-state index contributed by atoms with van der Waals surface area (Å²) in [7, 11) is 0.